The highest BCUT2D eigenvalue weighted by molar-refractivity contribution is 8.26. The van der Waals surface area contributed by atoms with Gasteiger partial charge in [0.1, 0.15) is 10.4 Å². The molecule has 1 aromatic carbocycles. The molecule has 1 saturated heterocycles. The Morgan fingerprint density at radius 3 is 2.85 bits per heavy atom. The molecule has 1 aromatic rings. The van der Waals surface area contributed by atoms with E-state index in [0.29, 0.717) is 9.23 Å². The summed E-state index contributed by atoms with van der Waals surface area (Å²) in [6.45, 7) is 1.98. The number of amides is 1. The second-order valence-corrected chi connectivity index (χ2v) is 8.45. The minimum Gasteiger partial charge on any atom is -0.493 e. The number of hydrogen-bond acceptors (Lipinski definition) is 5. The van der Waals surface area contributed by atoms with E-state index in [1.807, 2.05) is 36.1 Å². The zero-order chi connectivity index (χ0) is 18.3. The van der Waals surface area contributed by atoms with Crippen molar-refractivity contribution in [3.63, 3.8) is 0 Å². The number of ether oxygens (including phenoxy) is 2. The number of hydrogen-bond donors (Lipinski definition) is 0. The minimum atomic E-state index is -0.159. The lowest BCUT2D eigenvalue weighted by Crippen LogP contribution is -2.36. The number of methoxy groups -OCH3 is 1. The van der Waals surface area contributed by atoms with E-state index in [4.69, 9.17) is 21.7 Å². The fourth-order valence-corrected chi connectivity index (χ4v) is 5.14. The molecule has 1 saturated carbocycles. The van der Waals surface area contributed by atoms with Crippen molar-refractivity contribution in [3.8, 4) is 11.5 Å². The fourth-order valence-electron chi connectivity index (χ4n) is 3.74. The van der Waals surface area contributed by atoms with Gasteiger partial charge in [-0.2, -0.15) is 0 Å². The number of benzene rings is 1. The van der Waals surface area contributed by atoms with Crippen molar-refractivity contribution in [1.82, 2.24) is 4.90 Å². The van der Waals surface area contributed by atoms with E-state index < -0.39 is 0 Å². The van der Waals surface area contributed by atoms with Crippen LogP contribution >= 0.6 is 24.0 Å². The Morgan fingerprint density at radius 2 is 2.12 bits per heavy atom. The SMILES string of the molecule is COc1cccc2c1OC(C)C(/C=C1\SC(=S)N(C3CCCC3)C1=O)=C2. The van der Waals surface area contributed by atoms with Crippen molar-refractivity contribution >= 4 is 40.3 Å². The van der Waals surface area contributed by atoms with E-state index in [2.05, 4.69) is 6.08 Å². The van der Waals surface area contributed by atoms with Gasteiger partial charge in [0.05, 0.1) is 12.0 Å². The molecule has 2 heterocycles. The number of rotatable bonds is 3. The highest BCUT2D eigenvalue weighted by atomic mass is 32.2. The lowest BCUT2D eigenvalue weighted by molar-refractivity contribution is -0.123. The summed E-state index contributed by atoms with van der Waals surface area (Å²) in [5, 5.41) is 0. The van der Waals surface area contributed by atoms with Gasteiger partial charge in [-0.1, -0.05) is 49.0 Å². The van der Waals surface area contributed by atoms with Crippen LogP contribution in [0.4, 0.5) is 0 Å². The molecular formula is C20H21NO3S2. The van der Waals surface area contributed by atoms with Crippen LogP contribution in [0.2, 0.25) is 0 Å². The molecule has 0 spiro atoms. The molecule has 0 radical (unpaired) electrons. The molecule has 1 amide bonds. The molecule has 4 nitrogen and oxygen atoms in total. The van der Waals surface area contributed by atoms with Gasteiger partial charge in [-0.05, 0) is 43.6 Å². The first-order valence-electron chi connectivity index (χ1n) is 8.91. The first-order valence-corrected chi connectivity index (χ1v) is 10.1. The second-order valence-electron chi connectivity index (χ2n) is 6.77. The molecule has 1 atom stereocenters. The van der Waals surface area contributed by atoms with Crippen molar-refractivity contribution in [3.05, 3.63) is 40.3 Å². The molecule has 1 unspecified atom stereocenters. The molecule has 1 aliphatic carbocycles. The maximum atomic E-state index is 12.9. The molecule has 0 aromatic heterocycles. The summed E-state index contributed by atoms with van der Waals surface area (Å²) in [5.41, 5.74) is 1.93. The van der Waals surface area contributed by atoms with Crippen molar-refractivity contribution in [1.29, 1.82) is 0 Å². The van der Waals surface area contributed by atoms with E-state index in [-0.39, 0.29) is 18.1 Å². The number of thiocarbonyl (C=S) groups is 1. The number of thioether (sulfide) groups is 1. The zero-order valence-corrected chi connectivity index (χ0v) is 16.5. The topological polar surface area (TPSA) is 38.8 Å². The summed E-state index contributed by atoms with van der Waals surface area (Å²) in [7, 11) is 1.64. The normalized spacial score (nSPS) is 24.7. The van der Waals surface area contributed by atoms with Gasteiger partial charge in [0.2, 0.25) is 0 Å². The quantitative estimate of drug-likeness (QED) is 0.562. The van der Waals surface area contributed by atoms with Crippen molar-refractivity contribution in [2.45, 2.75) is 44.8 Å². The predicted molar refractivity (Wildman–Crippen MR) is 108 cm³/mol. The van der Waals surface area contributed by atoms with Crippen LogP contribution in [-0.2, 0) is 4.79 Å². The minimum absolute atomic E-state index is 0.0384. The number of carbonyl (C=O) groups is 1. The van der Waals surface area contributed by atoms with Crippen LogP contribution in [0.1, 0.15) is 38.2 Å². The van der Waals surface area contributed by atoms with E-state index in [1.54, 1.807) is 7.11 Å². The number of para-hydroxylation sites is 1. The van der Waals surface area contributed by atoms with Gasteiger partial charge < -0.3 is 9.47 Å². The lowest BCUT2D eigenvalue weighted by Gasteiger charge is -2.24. The predicted octanol–water partition coefficient (Wildman–Crippen LogP) is 4.55. The Morgan fingerprint density at radius 1 is 1.35 bits per heavy atom. The summed E-state index contributed by atoms with van der Waals surface area (Å²) in [6.07, 6.45) is 8.29. The zero-order valence-electron chi connectivity index (χ0n) is 14.9. The standard InChI is InChI=1S/C20H21NO3S2/c1-12-14(10-13-6-5-9-16(23-2)18(13)24-12)11-17-19(22)21(20(25)26-17)15-7-3-4-8-15/h5-6,9-12,15H,3-4,7-8H2,1-2H3/b17-11-. The highest BCUT2D eigenvalue weighted by Crippen LogP contribution is 2.41. The van der Waals surface area contributed by atoms with Gasteiger partial charge in [0.25, 0.3) is 5.91 Å². The molecule has 6 heteroatoms. The third-order valence-corrected chi connectivity index (χ3v) is 6.46. The molecule has 2 aliphatic heterocycles. The third-order valence-electron chi connectivity index (χ3n) is 5.13. The Bertz CT molecular complexity index is 824. The molecule has 136 valence electrons. The van der Waals surface area contributed by atoms with E-state index in [9.17, 15) is 4.79 Å². The average molecular weight is 388 g/mol. The summed E-state index contributed by atoms with van der Waals surface area (Å²) >= 11 is 6.89. The first kappa shape index (κ1) is 17.6. The fraction of sp³-hybridized carbons (Fsp3) is 0.400. The highest BCUT2D eigenvalue weighted by Gasteiger charge is 2.38. The van der Waals surface area contributed by atoms with E-state index >= 15 is 0 Å². The molecule has 3 aliphatic rings. The van der Waals surface area contributed by atoms with Crippen LogP contribution in [0.25, 0.3) is 6.08 Å². The monoisotopic (exact) mass is 387 g/mol. The van der Waals surface area contributed by atoms with Crippen LogP contribution < -0.4 is 9.47 Å². The molecule has 0 bridgehead atoms. The Hall–Kier alpha value is -1.79. The molecule has 26 heavy (non-hydrogen) atoms. The Kier molecular flexibility index (Phi) is 4.80. The number of nitrogens with zero attached hydrogens (tertiary/aromatic N) is 1. The van der Waals surface area contributed by atoms with Crippen LogP contribution in [0.3, 0.4) is 0 Å². The average Bonchev–Trinajstić information content (AvgIpc) is 3.23. The largest absolute Gasteiger partial charge is 0.493 e. The van der Waals surface area contributed by atoms with Gasteiger partial charge in [-0.3, -0.25) is 9.69 Å². The Balaban J connectivity index is 1.64. The number of carbonyl (C=O) groups excluding carboxylic acids is 1. The van der Waals surface area contributed by atoms with Gasteiger partial charge in [0.15, 0.2) is 11.5 Å². The third kappa shape index (κ3) is 3.05. The molecular weight excluding hydrogens is 366 g/mol. The maximum absolute atomic E-state index is 12.9. The van der Waals surface area contributed by atoms with Crippen molar-refractivity contribution in [2.75, 3.05) is 7.11 Å². The Labute approximate surface area is 163 Å². The van der Waals surface area contributed by atoms with Gasteiger partial charge in [-0.15, -0.1) is 0 Å². The van der Waals surface area contributed by atoms with E-state index in [1.165, 1.54) is 24.6 Å². The van der Waals surface area contributed by atoms with E-state index in [0.717, 1.165) is 35.5 Å². The second kappa shape index (κ2) is 7.08. The summed E-state index contributed by atoms with van der Waals surface area (Å²) < 4.78 is 12.1. The summed E-state index contributed by atoms with van der Waals surface area (Å²) in [6, 6.07) is 6.08. The van der Waals surface area contributed by atoms with Crippen LogP contribution in [-0.4, -0.2) is 34.4 Å². The van der Waals surface area contributed by atoms with Crippen LogP contribution in [0.5, 0.6) is 11.5 Å². The molecule has 0 N–H and O–H groups in total. The van der Waals surface area contributed by atoms with Gasteiger partial charge in [0, 0.05) is 11.6 Å². The first-order chi connectivity index (χ1) is 12.6. The summed E-state index contributed by atoms with van der Waals surface area (Å²) in [4.78, 5) is 15.4. The molecule has 2 fully saturated rings. The van der Waals surface area contributed by atoms with Crippen molar-refractivity contribution in [2.24, 2.45) is 0 Å². The van der Waals surface area contributed by atoms with Crippen molar-refractivity contribution < 1.29 is 14.3 Å². The maximum Gasteiger partial charge on any atom is 0.266 e. The molecule has 4 rings (SSSR count). The summed E-state index contributed by atoms with van der Waals surface area (Å²) in [5.74, 6) is 1.51. The van der Waals surface area contributed by atoms with Crippen LogP contribution in [0.15, 0.2) is 34.8 Å². The van der Waals surface area contributed by atoms with Gasteiger partial charge in [-0.25, -0.2) is 0 Å². The smallest absolute Gasteiger partial charge is 0.266 e. The lowest BCUT2D eigenvalue weighted by atomic mass is 10.0. The van der Waals surface area contributed by atoms with Crippen LogP contribution in [0, 0.1) is 0 Å². The van der Waals surface area contributed by atoms with Gasteiger partial charge >= 0.3 is 0 Å². The number of fused-ring (bicyclic) bond motifs is 1.